The second-order valence-electron chi connectivity index (χ2n) is 9.20. The third kappa shape index (κ3) is 4.77. The zero-order valence-electron chi connectivity index (χ0n) is 20.1. The Balaban J connectivity index is 1.43. The summed E-state index contributed by atoms with van der Waals surface area (Å²) in [5, 5.41) is 0. The van der Waals surface area contributed by atoms with Gasteiger partial charge in [0.05, 0.1) is 36.7 Å². The lowest BCUT2D eigenvalue weighted by molar-refractivity contribution is 0.0981. The maximum Gasteiger partial charge on any atom is 0.228 e. The van der Waals surface area contributed by atoms with Crippen LogP contribution in [0, 0.1) is 0 Å². The van der Waals surface area contributed by atoms with Crippen molar-refractivity contribution in [2.24, 2.45) is 0 Å². The number of nitrogen functional groups attached to an aromatic ring is 1. The Kier molecular flexibility index (Phi) is 6.75. The van der Waals surface area contributed by atoms with Crippen LogP contribution in [0.2, 0.25) is 0 Å². The molecule has 0 radical (unpaired) electrons. The maximum absolute atomic E-state index is 12.6. The normalized spacial score (nSPS) is 21.3. The average Bonchev–Trinajstić information content (AvgIpc) is 3.22. The predicted molar refractivity (Wildman–Crippen MR) is 132 cm³/mol. The van der Waals surface area contributed by atoms with Gasteiger partial charge in [0.1, 0.15) is 5.82 Å². The van der Waals surface area contributed by atoms with Crippen molar-refractivity contribution in [2.45, 2.75) is 31.8 Å². The molecule has 35 heavy (non-hydrogen) atoms. The summed E-state index contributed by atoms with van der Waals surface area (Å²) in [6.45, 7) is 6.15. The van der Waals surface area contributed by atoms with Gasteiger partial charge in [0.15, 0.2) is 0 Å². The quantitative estimate of drug-likeness (QED) is 0.491. The topological polar surface area (TPSA) is 140 Å². The SMILES string of the molecule is COCCCS(=O)(=O)N1CC(N2CCc3c(-c4cnc(N)nc4)nc(N4CCOCC4C)nc32)C1. The van der Waals surface area contributed by atoms with Gasteiger partial charge in [-0.25, -0.2) is 23.4 Å². The van der Waals surface area contributed by atoms with Crippen LogP contribution < -0.4 is 15.5 Å². The third-order valence-corrected chi connectivity index (χ3v) is 8.72. The molecule has 0 saturated carbocycles. The average molecular weight is 505 g/mol. The van der Waals surface area contributed by atoms with Crippen LogP contribution in [-0.2, 0) is 25.9 Å². The number of rotatable bonds is 8. The van der Waals surface area contributed by atoms with Crippen LogP contribution in [0.3, 0.4) is 0 Å². The van der Waals surface area contributed by atoms with E-state index in [2.05, 4.69) is 26.7 Å². The van der Waals surface area contributed by atoms with Crippen molar-refractivity contribution >= 4 is 27.7 Å². The Morgan fingerprint density at radius 1 is 1.17 bits per heavy atom. The van der Waals surface area contributed by atoms with E-state index >= 15 is 0 Å². The van der Waals surface area contributed by atoms with Crippen molar-refractivity contribution in [1.29, 1.82) is 0 Å². The van der Waals surface area contributed by atoms with Crippen molar-refractivity contribution in [2.75, 3.05) is 74.4 Å². The van der Waals surface area contributed by atoms with E-state index in [1.807, 2.05) is 0 Å². The minimum Gasteiger partial charge on any atom is -0.385 e. The zero-order chi connectivity index (χ0) is 24.6. The molecule has 1 atom stereocenters. The fourth-order valence-corrected chi connectivity index (χ4v) is 6.37. The molecule has 2 saturated heterocycles. The van der Waals surface area contributed by atoms with E-state index in [-0.39, 0.29) is 23.8 Å². The number of sulfonamides is 1. The molecule has 2 fully saturated rings. The summed E-state index contributed by atoms with van der Waals surface area (Å²) in [5.74, 6) is 1.82. The Morgan fingerprint density at radius 3 is 2.66 bits per heavy atom. The fourth-order valence-electron chi connectivity index (χ4n) is 4.83. The van der Waals surface area contributed by atoms with Crippen molar-refractivity contribution in [3.8, 4) is 11.3 Å². The first-order valence-electron chi connectivity index (χ1n) is 11.9. The molecule has 0 bridgehead atoms. The van der Waals surface area contributed by atoms with Crippen LogP contribution in [0.5, 0.6) is 0 Å². The number of nitrogens with zero attached hydrogens (tertiary/aromatic N) is 7. The standard InChI is InChI=1S/C22H32N8O4S/c1-15-14-34-8-6-29(15)22-26-19(16-10-24-21(23)25-11-16)18-4-5-30(20(18)27-22)17-12-28(13-17)35(31,32)9-3-7-33-2/h10-11,15,17H,3-9,12-14H2,1-2H3,(H2,23,24,25). The molecule has 0 amide bonds. The van der Waals surface area contributed by atoms with Gasteiger partial charge in [-0.1, -0.05) is 0 Å². The Hall–Kier alpha value is -2.61. The summed E-state index contributed by atoms with van der Waals surface area (Å²) < 4.78 is 37.4. The molecular formula is C22H32N8O4S. The van der Waals surface area contributed by atoms with E-state index in [0.29, 0.717) is 51.8 Å². The highest BCUT2D eigenvalue weighted by molar-refractivity contribution is 7.89. The highest BCUT2D eigenvalue weighted by Gasteiger charge is 2.42. The number of methoxy groups -OCH3 is 1. The van der Waals surface area contributed by atoms with Crippen LogP contribution in [0.25, 0.3) is 11.3 Å². The molecule has 5 heterocycles. The number of hydrogen-bond acceptors (Lipinski definition) is 11. The molecule has 2 N–H and O–H groups in total. The van der Waals surface area contributed by atoms with Crippen LogP contribution in [-0.4, -0.2) is 104 Å². The smallest absolute Gasteiger partial charge is 0.228 e. The molecule has 2 aromatic heterocycles. The Bertz CT molecular complexity index is 1160. The van der Waals surface area contributed by atoms with Gasteiger partial charge in [0.25, 0.3) is 0 Å². The molecular weight excluding hydrogens is 472 g/mol. The first kappa shape index (κ1) is 24.1. The summed E-state index contributed by atoms with van der Waals surface area (Å²) in [6, 6.07) is 0.220. The second kappa shape index (κ2) is 9.80. The number of hydrogen-bond donors (Lipinski definition) is 1. The monoisotopic (exact) mass is 504 g/mol. The van der Waals surface area contributed by atoms with E-state index in [1.165, 1.54) is 0 Å². The van der Waals surface area contributed by atoms with Crippen molar-refractivity contribution in [3.05, 3.63) is 18.0 Å². The lowest BCUT2D eigenvalue weighted by Gasteiger charge is -2.44. The van der Waals surface area contributed by atoms with Crippen molar-refractivity contribution in [1.82, 2.24) is 24.2 Å². The maximum atomic E-state index is 12.6. The summed E-state index contributed by atoms with van der Waals surface area (Å²) in [5.41, 5.74) is 8.33. The van der Waals surface area contributed by atoms with E-state index in [9.17, 15) is 8.42 Å². The highest BCUT2D eigenvalue weighted by atomic mass is 32.2. The van der Waals surface area contributed by atoms with E-state index in [1.54, 1.807) is 23.8 Å². The molecule has 0 spiro atoms. The Morgan fingerprint density at radius 2 is 1.94 bits per heavy atom. The molecule has 3 aliphatic rings. The summed E-state index contributed by atoms with van der Waals surface area (Å²) in [4.78, 5) is 22.7. The second-order valence-corrected chi connectivity index (χ2v) is 11.3. The lowest BCUT2D eigenvalue weighted by atomic mass is 10.1. The van der Waals surface area contributed by atoms with Gasteiger partial charge in [-0.2, -0.15) is 9.29 Å². The van der Waals surface area contributed by atoms with Gasteiger partial charge >= 0.3 is 0 Å². The van der Waals surface area contributed by atoms with Crippen LogP contribution in [0.15, 0.2) is 12.4 Å². The van der Waals surface area contributed by atoms with Crippen LogP contribution in [0.4, 0.5) is 17.7 Å². The van der Waals surface area contributed by atoms with Crippen LogP contribution in [0.1, 0.15) is 18.9 Å². The minimum atomic E-state index is -3.28. The number of nitrogens with two attached hydrogens (primary N) is 1. The first-order chi connectivity index (χ1) is 16.9. The molecule has 2 aromatic rings. The summed E-state index contributed by atoms with van der Waals surface area (Å²) in [6.07, 6.45) is 4.65. The largest absolute Gasteiger partial charge is 0.385 e. The fraction of sp³-hybridized carbons (Fsp3) is 0.636. The van der Waals surface area contributed by atoms with E-state index in [0.717, 1.165) is 35.6 Å². The minimum absolute atomic E-state index is 0.0776. The van der Waals surface area contributed by atoms with E-state index < -0.39 is 10.0 Å². The van der Waals surface area contributed by atoms with Gasteiger partial charge in [0.2, 0.25) is 21.9 Å². The van der Waals surface area contributed by atoms with E-state index in [4.69, 9.17) is 25.2 Å². The molecule has 1 unspecified atom stereocenters. The van der Waals surface area contributed by atoms with Gasteiger partial charge in [-0.05, 0) is 19.8 Å². The number of ether oxygens (including phenoxy) is 2. The van der Waals surface area contributed by atoms with Crippen molar-refractivity contribution in [3.63, 3.8) is 0 Å². The lowest BCUT2D eigenvalue weighted by Crippen LogP contribution is -2.61. The number of fused-ring (bicyclic) bond motifs is 1. The molecule has 3 aliphatic heterocycles. The summed E-state index contributed by atoms with van der Waals surface area (Å²) >= 11 is 0. The molecule has 5 rings (SSSR count). The van der Waals surface area contributed by atoms with Gasteiger partial charge < -0.3 is 25.0 Å². The van der Waals surface area contributed by atoms with Gasteiger partial charge in [-0.3, -0.25) is 0 Å². The molecule has 0 aromatic carbocycles. The zero-order valence-corrected chi connectivity index (χ0v) is 20.9. The van der Waals surface area contributed by atoms with Crippen LogP contribution >= 0.6 is 0 Å². The summed E-state index contributed by atoms with van der Waals surface area (Å²) in [7, 11) is -1.70. The molecule has 190 valence electrons. The number of morpholine rings is 1. The molecule has 12 nitrogen and oxygen atoms in total. The molecule has 0 aliphatic carbocycles. The molecule has 13 heteroatoms. The third-order valence-electron chi connectivity index (χ3n) is 6.83. The number of aromatic nitrogens is 4. The van der Waals surface area contributed by atoms with Crippen molar-refractivity contribution < 1.29 is 17.9 Å². The Labute approximate surface area is 205 Å². The van der Waals surface area contributed by atoms with Gasteiger partial charge in [0, 0.05) is 63.4 Å². The predicted octanol–water partition coefficient (Wildman–Crippen LogP) is 0.154. The number of anilines is 3. The highest BCUT2D eigenvalue weighted by Crippen LogP contribution is 2.38. The first-order valence-corrected chi connectivity index (χ1v) is 13.5. The van der Waals surface area contributed by atoms with Gasteiger partial charge in [-0.15, -0.1) is 0 Å².